The first-order valence-corrected chi connectivity index (χ1v) is 9.95. The van der Waals surface area contributed by atoms with Crippen molar-refractivity contribution < 1.29 is 24.5 Å². The summed E-state index contributed by atoms with van der Waals surface area (Å²) in [5.41, 5.74) is 2.57. The van der Waals surface area contributed by atoms with E-state index in [1.807, 2.05) is 6.07 Å². The maximum absolute atomic E-state index is 13.1. The first-order chi connectivity index (χ1) is 15.0. The molecule has 0 saturated carbocycles. The van der Waals surface area contributed by atoms with Gasteiger partial charge in [-0.25, -0.2) is 0 Å². The van der Waals surface area contributed by atoms with Gasteiger partial charge in [-0.3, -0.25) is 14.5 Å². The Labute approximate surface area is 178 Å². The van der Waals surface area contributed by atoms with Crippen molar-refractivity contribution in [2.45, 2.75) is 12.5 Å². The van der Waals surface area contributed by atoms with Crippen molar-refractivity contribution >= 4 is 23.1 Å². The molecule has 6 nitrogen and oxygen atoms in total. The van der Waals surface area contributed by atoms with Crippen molar-refractivity contribution in [3.8, 4) is 11.5 Å². The summed E-state index contributed by atoms with van der Waals surface area (Å²) in [6.07, 6.45) is 0.718. The van der Waals surface area contributed by atoms with Gasteiger partial charge in [-0.05, 0) is 53.6 Å². The lowest BCUT2D eigenvalue weighted by molar-refractivity contribution is -0.132. The van der Waals surface area contributed by atoms with Crippen molar-refractivity contribution in [2.75, 3.05) is 11.5 Å². The topological polar surface area (TPSA) is 87.1 Å². The van der Waals surface area contributed by atoms with Crippen LogP contribution in [0.2, 0.25) is 0 Å². The van der Waals surface area contributed by atoms with E-state index in [9.17, 15) is 19.8 Å². The summed E-state index contributed by atoms with van der Waals surface area (Å²) in [4.78, 5) is 27.5. The second-order valence-corrected chi connectivity index (χ2v) is 7.52. The standard InChI is InChI=1S/C25H19NO5/c27-19-9-6-15(7-10-19)22-21(23(28)17-8-11-20-16(14-17)12-13-31-20)24(29)25(30)26(22)18-4-2-1-3-5-18/h1-11,14,22,27-28H,12-13H2/b23-21-. The molecule has 1 fully saturated rings. The quantitative estimate of drug-likeness (QED) is 0.386. The Morgan fingerprint density at radius 3 is 2.45 bits per heavy atom. The summed E-state index contributed by atoms with van der Waals surface area (Å²) in [6.45, 7) is 0.575. The predicted octanol–water partition coefficient (Wildman–Crippen LogP) is 3.95. The average molecular weight is 413 g/mol. The molecular formula is C25H19NO5. The highest BCUT2D eigenvalue weighted by Gasteiger charge is 2.47. The Morgan fingerprint density at radius 1 is 0.968 bits per heavy atom. The molecule has 2 heterocycles. The van der Waals surface area contributed by atoms with Crippen molar-refractivity contribution in [3.63, 3.8) is 0 Å². The summed E-state index contributed by atoms with van der Waals surface area (Å²) in [6, 6.07) is 19.6. The fraction of sp³-hybridized carbons (Fsp3) is 0.120. The van der Waals surface area contributed by atoms with Crippen LogP contribution in [0.3, 0.4) is 0 Å². The summed E-state index contributed by atoms with van der Waals surface area (Å²) in [5, 5.41) is 20.9. The normalized spacial score (nSPS) is 19.4. The summed E-state index contributed by atoms with van der Waals surface area (Å²) >= 11 is 0. The molecule has 154 valence electrons. The number of aliphatic hydroxyl groups excluding tert-OH is 1. The Balaban J connectivity index is 1.70. The SMILES string of the molecule is O=C1C(=O)N(c2ccccc2)C(c2ccc(O)cc2)/C1=C(/O)c1ccc2c(c1)CCO2. The number of hydrogen-bond donors (Lipinski definition) is 2. The Bertz CT molecular complexity index is 1210. The summed E-state index contributed by atoms with van der Waals surface area (Å²) in [7, 11) is 0. The van der Waals surface area contributed by atoms with Crippen LogP contribution in [0.4, 0.5) is 5.69 Å². The van der Waals surface area contributed by atoms with Gasteiger partial charge in [-0.2, -0.15) is 0 Å². The van der Waals surface area contributed by atoms with Gasteiger partial charge in [0.1, 0.15) is 17.3 Å². The number of nitrogens with zero attached hydrogens (tertiary/aromatic N) is 1. The zero-order valence-corrected chi connectivity index (χ0v) is 16.5. The van der Waals surface area contributed by atoms with Crippen LogP contribution in [0.5, 0.6) is 11.5 Å². The minimum absolute atomic E-state index is 0.0124. The van der Waals surface area contributed by atoms with E-state index in [0.717, 1.165) is 17.7 Å². The highest BCUT2D eigenvalue weighted by Crippen LogP contribution is 2.42. The largest absolute Gasteiger partial charge is 0.508 e. The molecule has 5 rings (SSSR count). The average Bonchev–Trinajstić information content (AvgIpc) is 3.36. The Morgan fingerprint density at radius 2 is 1.71 bits per heavy atom. The lowest BCUT2D eigenvalue weighted by atomic mass is 9.94. The third-order valence-corrected chi connectivity index (χ3v) is 5.65. The van der Waals surface area contributed by atoms with Crippen molar-refractivity contribution in [2.24, 2.45) is 0 Å². The van der Waals surface area contributed by atoms with Crippen molar-refractivity contribution in [1.29, 1.82) is 0 Å². The third kappa shape index (κ3) is 3.13. The van der Waals surface area contributed by atoms with E-state index >= 15 is 0 Å². The number of Topliss-reactive ketones (excluding diaryl/α,β-unsaturated/α-hetero) is 1. The fourth-order valence-corrected chi connectivity index (χ4v) is 4.15. The number of para-hydroxylation sites is 1. The van der Waals surface area contributed by atoms with E-state index < -0.39 is 17.7 Å². The van der Waals surface area contributed by atoms with E-state index in [2.05, 4.69) is 0 Å². The molecule has 3 aromatic rings. The van der Waals surface area contributed by atoms with Crippen LogP contribution < -0.4 is 9.64 Å². The van der Waals surface area contributed by atoms with Gasteiger partial charge in [0.15, 0.2) is 0 Å². The third-order valence-electron chi connectivity index (χ3n) is 5.65. The highest BCUT2D eigenvalue weighted by atomic mass is 16.5. The molecule has 1 saturated heterocycles. The van der Waals surface area contributed by atoms with Crippen LogP contribution in [-0.2, 0) is 16.0 Å². The molecule has 2 aliphatic rings. The number of anilines is 1. The lowest BCUT2D eigenvalue weighted by Gasteiger charge is -2.25. The number of benzene rings is 3. The Hall–Kier alpha value is -4.06. The van der Waals surface area contributed by atoms with Crippen LogP contribution >= 0.6 is 0 Å². The monoisotopic (exact) mass is 413 g/mol. The lowest BCUT2D eigenvalue weighted by Crippen LogP contribution is -2.29. The van der Waals surface area contributed by atoms with Gasteiger partial charge in [-0.1, -0.05) is 30.3 Å². The molecule has 3 aromatic carbocycles. The van der Waals surface area contributed by atoms with Crippen LogP contribution in [0.25, 0.3) is 5.76 Å². The number of carbonyl (C=O) groups is 2. The van der Waals surface area contributed by atoms with E-state index in [1.165, 1.54) is 17.0 Å². The molecule has 0 bridgehead atoms. The molecule has 31 heavy (non-hydrogen) atoms. The van der Waals surface area contributed by atoms with Gasteiger partial charge in [0, 0.05) is 17.7 Å². The number of aromatic hydroxyl groups is 1. The highest BCUT2D eigenvalue weighted by molar-refractivity contribution is 6.51. The fourth-order valence-electron chi connectivity index (χ4n) is 4.15. The maximum Gasteiger partial charge on any atom is 0.300 e. The first kappa shape index (κ1) is 18.9. The van der Waals surface area contributed by atoms with Crippen LogP contribution in [0.15, 0.2) is 78.4 Å². The number of fused-ring (bicyclic) bond motifs is 1. The van der Waals surface area contributed by atoms with Gasteiger partial charge in [0.05, 0.1) is 18.2 Å². The second-order valence-electron chi connectivity index (χ2n) is 7.52. The molecule has 6 heteroatoms. The number of ether oxygens (including phenoxy) is 1. The number of rotatable bonds is 3. The molecule has 0 radical (unpaired) electrons. The van der Waals surface area contributed by atoms with Crippen molar-refractivity contribution in [1.82, 2.24) is 0 Å². The van der Waals surface area contributed by atoms with E-state index in [-0.39, 0.29) is 17.1 Å². The minimum Gasteiger partial charge on any atom is -0.508 e. The number of ketones is 1. The molecular weight excluding hydrogens is 394 g/mol. The molecule has 2 aliphatic heterocycles. The molecule has 1 atom stereocenters. The Kier molecular flexibility index (Phi) is 4.47. The molecule has 0 aromatic heterocycles. The number of carbonyl (C=O) groups excluding carboxylic acids is 2. The number of phenols is 1. The minimum atomic E-state index is -0.826. The number of phenolic OH excluding ortho intramolecular Hbond substituents is 1. The molecule has 1 amide bonds. The molecule has 1 unspecified atom stereocenters. The van der Waals surface area contributed by atoms with Gasteiger partial charge in [0.25, 0.3) is 11.7 Å². The summed E-state index contributed by atoms with van der Waals surface area (Å²) in [5.74, 6) is -0.869. The molecule has 2 N–H and O–H groups in total. The van der Waals surface area contributed by atoms with E-state index in [1.54, 1.807) is 54.6 Å². The van der Waals surface area contributed by atoms with Gasteiger partial charge >= 0.3 is 0 Å². The van der Waals surface area contributed by atoms with Gasteiger partial charge < -0.3 is 14.9 Å². The maximum atomic E-state index is 13.1. The van der Waals surface area contributed by atoms with Crippen LogP contribution in [-0.4, -0.2) is 28.5 Å². The molecule has 0 aliphatic carbocycles. The summed E-state index contributed by atoms with van der Waals surface area (Å²) < 4.78 is 5.52. The van der Waals surface area contributed by atoms with Gasteiger partial charge in [0.2, 0.25) is 0 Å². The number of hydrogen-bond acceptors (Lipinski definition) is 5. The number of aliphatic hydroxyl groups is 1. The first-order valence-electron chi connectivity index (χ1n) is 9.95. The van der Waals surface area contributed by atoms with Crippen LogP contribution in [0.1, 0.15) is 22.7 Å². The zero-order valence-electron chi connectivity index (χ0n) is 16.5. The van der Waals surface area contributed by atoms with Crippen LogP contribution in [0, 0.1) is 0 Å². The molecule has 0 spiro atoms. The van der Waals surface area contributed by atoms with Crippen molar-refractivity contribution in [3.05, 3.63) is 95.1 Å². The van der Waals surface area contributed by atoms with E-state index in [4.69, 9.17) is 4.74 Å². The number of amides is 1. The zero-order chi connectivity index (χ0) is 21.5. The smallest absolute Gasteiger partial charge is 0.300 e. The van der Waals surface area contributed by atoms with Gasteiger partial charge in [-0.15, -0.1) is 0 Å². The predicted molar refractivity (Wildman–Crippen MR) is 115 cm³/mol. The van der Waals surface area contributed by atoms with E-state index in [0.29, 0.717) is 23.4 Å². The second kappa shape index (κ2) is 7.32.